The molecule has 2 aromatic rings. The van der Waals surface area contributed by atoms with Crippen LogP contribution >= 0.6 is 0 Å². The highest BCUT2D eigenvalue weighted by atomic mass is 16.1. The van der Waals surface area contributed by atoms with Gasteiger partial charge in [-0.1, -0.05) is 13.8 Å². The molecule has 6 heteroatoms. The summed E-state index contributed by atoms with van der Waals surface area (Å²) in [7, 11) is 3.96. The second-order valence-corrected chi connectivity index (χ2v) is 6.12. The van der Waals surface area contributed by atoms with E-state index in [1.807, 2.05) is 43.3 Å². The quantitative estimate of drug-likeness (QED) is 0.797. The minimum absolute atomic E-state index is 0.228. The fourth-order valence-electron chi connectivity index (χ4n) is 2.52. The average Bonchev–Trinajstić information content (AvgIpc) is 2.62. The highest BCUT2D eigenvalue weighted by Gasteiger charge is 2.13. The molecule has 6 nitrogen and oxygen atoms in total. The Balaban J connectivity index is 2.12. The van der Waals surface area contributed by atoms with Crippen LogP contribution in [0.2, 0.25) is 0 Å². The Morgan fingerprint density at radius 2 is 1.68 bits per heavy atom. The summed E-state index contributed by atoms with van der Waals surface area (Å²) in [5, 5.41) is 2.89. The SMILES string of the molecule is CCCN(CCC)c1nccc(C(=O)Nc2ccc(N(C)C)cc2)n1. The van der Waals surface area contributed by atoms with Gasteiger partial charge in [0.15, 0.2) is 0 Å². The van der Waals surface area contributed by atoms with Gasteiger partial charge in [-0.2, -0.15) is 0 Å². The van der Waals surface area contributed by atoms with Crippen molar-refractivity contribution in [3.05, 3.63) is 42.2 Å². The van der Waals surface area contributed by atoms with Crippen LogP contribution in [0.3, 0.4) is 0 Å². The zero-order valence-corrected chi connectivity index (χ0v) is 15.5. The van der Waals surface area contributed by atoms with Crippen LogP contribution in [-0.2, 0) is 0 Å². The monoisotopic (exact) mass is 341 g/mol. The molecule has 0 radical (unpaired) electrons. The Hall–Kier alpha value is -2.63. The van der Waals surface area contributed by atoms with Gasteiger partial charge < -0.3 is 15.1 Å². The van der Waals surface area contributed by atoms with Crippen LogP contribution in [0, 0.1) is 0 Å². The van der Waals surface area contributed by atoms with Crippen LogP contribution in [0.25, 0.3) is 0 Å². The summed E-state index contributed by atoms with van der Waals surface area (Å²) in [6.45, 7) is 6.00. The zero-order chi connectivity index (χ0) is 18.2. The lowest BCUT2D eigenvalue weighted by Crippen LogP contribution is -2.27. The molecule has 0 aliphatic heterocycles. The zero-order valence-electron chi connectivity index (χ0n) is 15.5. The van der Waals surface area contributed by atoms with Crippen LogP contribution in [0.1, 0.15) is 37.2 Å². The Bertz CT molecular complexity index is 678. The molecule has 1 aromatic heterocycles. The van der Waals surface area contributed by atoms with Crippen molar-refractivity contribution in [2.45, 2.75) is 26.7 Å². The van der Waals surface area contributed by atoms with E-state index in [-0.39, 0.29) is 5.91 Å². The topological polar surface area (TPSA) is 61.4 Å². The Labute approximate surface area is 149 Å². The van der Waals surface area contributed by atoms with Crippen molar-refractivity contribution in [3.8, 4) is 0 Å². The maximum Gasteiger partial charge on any atom is 0.274 e. The first-order valence-electron chi connectivity index (χ1n) is 8.71. The third kappa shape index (κ3) is 5.17. The van der Waals surface area contributed by atoms with Crippen LogP contribution < -0.4 is 15.1 Å². The normalized spacial score (nSPS) is 10.4. The van der Waals surface area contributed by atoms with Crippen molar-refractivity contribution in [3.63, 3.8) is 0 Å². The molecule has 1 aromatic carbocycles. The van der Waals surface area contributed by atoms with Gasteiger partial charge in [0.05, 0.1) is 0 Å². The van der Waals surface area contributed by atoms with E-state index in [9.17, 15) is 4.79 Å². The minimum atomic E-state index is -0.228. The molecule has 2 rings (SSSR count). The molecule has 0 unspecified atom stereocenters. The number of nitrogens with one attached hydrogen (secondary N) is 1. The number of aromatic nitrogens is 2. The molecule has 0 aliphatic carbocycles. The lowest BCUT2D eigenvalue weighted by Gasteiger charge is -2.21. The molecule has 1 amide bonds. The first-order valence-corrected chi connectivity index (χ1v) is 8.71. The predicted molar refractivity (Wildman–Crippen MR) is 104 cm³/mol. The van der Waals surface area contributed by atoms with E-state index < -0.39 is 0 Å². The van der Waals surface area contributed by atoms with Gasteiger partial charge in [-0.15, -0.1) is 0 Å². The summed E-state index contributed by atoms with van der Waals surface area (Å²) in [5.74, 6) is 0.383. The molecule has 134 valence electrons. The van der Waals surface area contributed by atoms with Gasteiger partial charge in [0.1, 0.15) is 5.69 Å². The molecule has 1 heterocycles. The maximum atomic E-state index is 12.5. The standard InChI is InChI=1S/C19H27N5O/c1-5-13-24(14-6-2)19-20-12-11-17(22-19)18(25)21-15-7-9-16(10-8-15)23(3)4/h7-12H,5-6,13-14H2,1-4H3,(H,21,25). The maximum absolute atomic E-state index is 12.5. The van der Waals surface area contributed by atoms with Crippen molar-refractivity contribution in [1.29, 1.82) is 0 Å². The van der Waals surface area contributed by atoms with Gasteiger partial charge in [0.2, 0.25) is 5.95 Å². The van der Waals surface area contributed by atoms with Crippen molar-refractivity contribution in [1.82, 2.24) is 9.97 Å². The number of benzene rings is 1. The number of rotatable bonds is 8. The van der Waals surface area contributed by atoms with Gasteiger partial charge in [-0.25, -0.2) is 9.97 Å². The first-order chi connectivity index (χ1) is 12.0. The number of hydrogen-bond donors (Lipinski definition) is 1. The Morgan fingerprint density at radius 1 is 1.04 bits per heavy atom. The van der Waals surface area contributed by atoms with E-state index in [4.69, 9.17) is 0 Å². The Morgan fingerprint density at radius 3 is 2.24 bits per heavy atom. The van der Waals surface area contributed by atoms with Crippen LogP contribution in [0.15, 0.2) is 36.5 Å². The van der Waals surface area contributed by atoms with Crippen molar-refractivity contribution >= 4 is 23.2 Å². The highest BCUT2D eigenvalue weighted by Crippen LogP contribution is 2.16. The largest absolute Gasteiger partial charge is 0.378 e. The lowest BCUT2D eigenvalue weighted by atomic mass is 10.2. The smallest absolute Gasteiger partial charge is 0.274 e. The summed E-state index contributed by atoms with van der Waals surface area (Å²) in [6, 6.07) is 9.34. The summed E-state index contributed by atoms with van der Waals surface area (Å²) >= 11 is 0. The number of nitrogens with zero attached hydrogens (tertiary/aromatic N) is 4. The molecular weight excluding hydrogens is 314 g/mol. The van der Waals surface area contributed by atoms with Gasteiger partial charge in [0, 0.05) is 44.8 Å². The van der Waals surface area contributed by atoms with Crippen molar-refractivity contribution < 1.29 is 4.79 Å². The fraction of sp³-hybridized carbons (Fsp3) is 0.421. The molecule has 1 N–H and O–H groups in total. The van der Waals surface area contributed by atoms with Gasteiger partial charge in [-0.05, 0) is 43.2 Å². The molecule has 25 heavy (non-hydrogen) atoms. The van der Waals surface area contributed by atoms with E-state index in [1.165, 1.54) is 0 Å². The Kier molecular flexibility index (Phi) is 6.74. The van der Waals surface area contributed by atoms with E-state index in [0.29, 0.717) is 11.6 Å². The summed E-state index contributed by atoms with van der Waals surface area (Å²) < 4.78 is 0. The van der Waals surface area contributed by atoms with E-state index in [2.05, 4.69) is 34.0 Å². The molecule has 0 spiro atoms. The summed E-state index contributed by atoms with van der Waals surface area (Å²) in [6.07, 6.45) is 3.67. The number of amides is 1. The summed E-state index contributed by atoms with van der Waals surface area (Å²) in [4.78, 5) is 25.4. The van der Waals surface area contributed by atoms with Crippen LogP contribution in [-0.4, -0.2) is 43.1 Å². The highest BCUT2D eigenvalue weighted by molar-refractivity contribution is 6.03. The molecular formula is C19H27N5O. The third-order valence-electron chi connectivity index (χ3n) is 3.79. The average molecular weight is 341 g/mol. The molecule has 0 saturated carbocycles. The molecule has 0 saturated heterocycles. The number of carbonyl (C=O) groups is 1. The van der Waals surface area contributed by atoms with E-state index >= 15 is 0 Å². The fourth-order valence-corrected chi connectivity index (χ4v) is 2.52. The number of anilines is 3. The van der Waals surface area contributed by atoms with Crippen LogP contribution in [0.5, 0.6) is 0 Å². The van der Waals surface area contributed by atoms with Gasteiger partial charge in [-0.3, -0.25) is 4.79 Å². The van der Waals surface area contributed by atoms with Crippen molar-refractivity contribution in [2.75, 3.05) is 42.3 Å². The van der Waals surface area contributed by atoms with Gasteiger partial charge >= 0.3 is 0 Å². The molecule has 0 atom stereocenters. The first kappa shape index (κ1) is 18.7. The minimum Gasteiger partial charge on any atom is -0.378 e. The third-order valence-corrected chi connectivity index (χ3v) is 3.79. The van der Waals surface area contributed by atoms with Crippen LogP contribution in [0.4, 0.5) is 17.3 Å². The number of hydrogen-bond acceptors (Lipinski definition) is 5. The lowest BCUT2D eigenvalue weighted by molar-refractivity contribution is 0.102. The summed E-state index contributed by atoms with van der Waals surface area (Å²) in [5.41, 5.74) is 2.20. The van der Waals surface area contributed by atoms with Gasteiger partial charge in [0.25, 0.3) is 5.91 Å². The molecule has 0 bridgehead atoms. The molecule has 0 fully saturated rings. The van der Waals surface area contributed by atoms with E-state index in [1.54, 1.807) is 12.3 Å². The van der Waals surface area contributed by atoms with E-state index in [0.717, 1.165) is 37.3 Å². The predicted octanol–water partition coefficient (Wildman–Crippen LogP) is 3.42. The number of carbonyl (C=O) groups excluding carboxylic acids is 1. The van der Waals surface area contributed by atoms with Crippen molar-refractivity contribution in [2.24, 2.45) is 0 Å². The molecule has 0 aliphatic rings. The second-order valence-electron chi connectivity index (χ2n) is 6.12. The second kappa shape index (κ2) is 9.01.